The van der Waals surface area contributed by atoms with Crippen LogP contribution in [-0.2, 0) is 27.5 Å². The van der Waals surface area contributed by atoms with Crippen molar-refractivity contribution >= 4 is 0 Å². The van der Waals surface area contributed by atoms with Crippen LogP contribution in [-0.4, -0.2) is 11.0 Å². The molecule has 0 heterocycles. The molecule has 0 aromatic heterocycles. The summed E-state index contributed by atoms with van der Waals surface area (Å²) in [4.78, 5) is 0. The van der Waals surface area contributed by atoms with E-state index in [1.54, 1.807) is 0 Å². The Morgan fingerprint density at radius 2 is 0.833 bits per heavy atom. The topological polar surface area (TPSA) is 80.1 Å². The first-order valence-electron chi connectivity index (χ1n) is 0.204. The van der Waals surface area contributed by atoms with Crippen molar-refractivity contribution in [2.24, 2.45) is 0 Å². The van der Waals surface area contributed by atoms with Crippen molar-refractivity contribution in [1.82, 2.24) is 0 Å². The molecule has 0 atom stereocenters. The second-order valence-electron chi connectivity index (χ2n) is 0. The Morgan fingerprint density at radius 1 is 0.833 bits per heavy atom. The molecule has 0 unspecified atom stereocenters. The third kappa shape index (κ3) is 64.8. The quantitative estimate of drug-likeness (QED) is 0.394. The van der Waals surface area contributed by atoms with Gasteiger partial charge in [0, 0.05) is 0 Å². The Kier molecular flexibility index (Phi) is 1140. The molecule has 0 aliphatic rings. The van der Waals surface area contributed by atoms with Gasteiger partial charge in [-0.2, -0.15) is 0 Å². The van der Waals surface area contributed by atoms with E-state index in [9.17, 15) is 0 Å². The summed E-state index contributed by atoms with van der Waals surface area (Å²) in [6.07, 6.45) is 0. The predicted molar refractivity (Wildman–Crippen MR) is 7.91 cm³/mol. The van der Waals surface area contributed by atoms with Crippen molar-refractivity contribution in [1.29, 1.82) is 0 Å². The summed E-state index contributed by atoms with van der Waals surface area (Å²) in [5, 5.41) is 0. The third-order valence-electron chi connectivity index (χ3n) is 0. The molecule has 0 aliphatic carbocycles. The minimum absolute atomic E-state index is 0. The van der Waals surface area contributed by atoms with Crippen molar-refractivity contribution in [2.75, 3.05) is 0 Å². The third-order valence-corrected chi connectivity index (χ3v) is 0. The second kappa shape index (κ2) is 119. The van der Waals surface area contributed by atoms with Gasteiger partial charge in [0.2, 0.25) is 0 Å². The van der Waals surface area contributed by atoms with Gasteiger partial charge in [0.05, 0.1) is 0 Å². The second-order valence-corrected chi connectivity index (χ2v) is 0. The Morgan fingerprint density at radius 3 is 0.833 bits per heavy atom. The van der Waals surface area contributed by atoms with Crippen LogP contribution < -0.4 is 24.8 Å². The molecule has 6 heavy (non-hydrogen) atoms. The normalized spacial score (nSPS) is 1.00. The van der Waals surface area contributed by atoms with E-state index in [-0.39, 0.29) is 35.8 Å². The molecule has 0 aliphatic heterocycles. The first-order valence-corrected chi connectivity index (χ1v) is 1.21. The van der Waals surface area contributed by atoms with Crippen LogP contribution >= 0.6 is 0 Å². The zero-order chi connectivity index (χ0) is 2.00. The van der Waals surface area contributed by atoms with Gasteiger partial charge in [0.25, 0.3) is 0 Å². The van der Waals surface area contributed by atoms with Gasteiger partial charge in [-0.05, 0) is 0 Å². The molecule has 0 amide bonds. The van der Waals surface area contributed by atoms with Crippen LogP contribution in [0.1, 0.15) is 0 Å². The Balaban J connectivity index is -0.000000000833. The molecule has 0 aromatic rings. The van der Waals surface area contributed by atoms with E-state index in [1.165, 1.54) is 0 Å². The Labute approximate surface area is 63.2 Å². The molecular formula is H4Cl2O3Zr. The van der Waals surface area contributed by atoms with Gasteiger partial charge in [-0.3, -0.25) is 0 Å². The SMILES string of the molecule is O.O.[Cl-].[Cl-].[O]=[Zr+2]. The van der Waals surface area contributed by atoms with E-state index in [1.807, 2.05) is 0 Å². The van der Waals surface area contributed by atoms with E-state index in [2.05, 4.69) is 0 Å². The molecule has 0 fully saturated rings. The van der Waals surface area contributed by atoms with Gasteiger partial charge in [0.1, 0.15) is 0 Å². The van der Waals surface area contributed by atoms with E-state index < -0.39 is 0 Å². The zero-order valence-electron chi connectivity index (χ0n) is 2.66. The summed E-state index contributed by atoms with van der Waals surface area (Å²) < 4.78 is 8.34. The molecule has 0 saturated heterocycles. The first-order chi connectivity index (χ1) is 1.00. The summed E-state index contributed by atoms with van der Waals surface area (Å²) >= 11 is 0.300. The molecular weight excluding hydrogens is 210 g/mol. The number of hydrogen-bond acceptors (Lipinski definition) is 1. The molecule has 40 valence electrons. The van der Waals surface area contributed by atoms with Crippen molar-refractivity contribution < 1.29 is 63.3 Å². The fourth-order valence-electron chi connectivity index (χ4n) is 0. The molecule has 3 nitrogen and oxygen atoms in total. The number of halogens is 2. The van der Waals surface area contributed by atoms with Gasteiger partial charge < -0.3 is 35.8 Å². The average molecular weight is 214 g/mol. The van der Waals surface area contributed by atoms with Crippen LogP contribution in [0.15, 0.2) is 0 Å². The van der Waals surface area contributed by atoms with Crippen LogP contribution in [0, 0.1) is 0 Å². The monoisotopic (exact) mass is 212 g/mol. The van der Waals surface area contributed by atoms with Crippen LogP contribution in [0.5, 0.6) is 0 Å². The van der Waals surface area contributed by atoms with Gasteiger partial charge >= 0.3 is 27.5 Å². The van der Waals surface area contributed by atoms with Crippen LogP contribution in [0.3, 0.4) is 0 Å². The van der Waals surface area contributed by atoms with Crippen molar-refractivity contribution in [3.63, 3.8) is 0 Å². The van der Waals surface area contributed by atoms with Gasteiger partial charge in [-0.1, -0.05) is 0 Å². The number of hydrogen-bond donors (Lipinski definition) is 0. The molecule has 0 saturated carbocycles. The molecule has 0 spiro atoms. The maximum atomic E-state index is 8.34. The van der Waals surface area contributed by atoms with Crippen molar-refractivity contribution in [3.05, 3.63) is 0 Å². The Bertz CT molecular complexity index is 8.75. The zero-order valence-corrected chi connectivity index (χ0v) is 6.63. The van der Waals surface area contributed by atoms with Gasteiger partial charge in [-0.15, -0.1) is 0 Å². The average Bonchev–Trinajstić information content (AvgIpc) is 1.00. The first kappa shape index (κ1) is 57.6. The maximum absolute atomic E-state index is 8.34. The summed E-state index contributed by atoms with van der Waals surface area (Å²) in [6.45, 7) is 0. The summed E-state index contributed by atoms with van der Waals surface area (Å²) in [7, 11) is 0. The fraction of sp³-hybridized carbons (Fsp3) is 0. The van der Waals surface area contributed by atoms with E-state index >= 15 is 0 Å². The van der Waals surface area contributed by atoms with Crippen LogP contribution in [0.2, 0.25) is 0 Å². The summed E-state index contributed by atoms with van der Waals surface area (Å²) in [6, 6.07) is 0. The van der Waals surface area contributed by atoms with Crippen LogP contribution in [0.4, 0.5) is 0 Å². The van der Waals surface area contributed by atoms with Crippen molar-refractivity contribution in [3.8, 4) is 0 Å². The standard InChI is InChI=1S/2ClH.2H2O.O.Zr/h2*1H;2*1H2;;/q;;;;;+2/p-2. The molecule has 6 heteroatoms. The van der Waals surface area contributed by atoms with Gasteiger partial charge in [-0.25, -0.2) is 0 Å². The van der Waals surface area contributed by atoms with Crippen molar-refractivity contribution in [2.45, 2.75) is 0 Å². The Hall–Kier alpha value is 1.18. The minimum atomic E-state index is 0. The predicted octanol–water partition coefficient (Wildman–Crippen LogP) is -7.76. The molecule has 0 aromatic carbocycles. The molecule has 0 bridgehead atoms. The van der Waals surface area contributed by atoms with E-state index in [4.69, 9.17) is 2.81 Å². The van der Waals surface area contributed by atoms with Crippen LogP contribution in [0.25, 0.3) is 0 Å². The van der Waals surface area contributed by atoms with E-state index in [0.717, 1.165) is 0 Å². The molecule has 0 radical (unpaired) electrons. The molecule has 0 rings (SSSR count). The fourth-order valence-corrected chi connectivity index (χ4v) is 0. The molecule has 4 N–H and O–H groups in total. The van der Waals surface area contributed by atoms with Gasteiger partial charge in [0.15, 0.2) is 0 Å². The summed E-state index contributed by atoms with van der Waals surface area (Å²) in [5.74, 6) is 0. The number of rotatable bonds is 0. The van der Waals surface area contributed by atoms with E-state index in [0.29, 0.717) is 24.7 Å². The summed E-state index contributed by atoms with van der Waals surface area (Å²) in [5.41, 5.74) is 0.